The van der Waals surface area contributed by atoms with Gasteiger partial charge < -0.3 is 9.80 Å². The minimum Gasteiger partial charge on any atom is -0.341 e. The summed E-state index contributed by atoms with van der Waals surface area (Å²) in [7, 11) is 1.80. The number of pyridine rings is 1. The molecule has 2 heterocycles. The predicted molar refractivity (Wildman–Crippen MR) is 116 cm³/mol. The lowest BCUT2D eigenvalue weighted by Crippen LogP contribution is -2.36. The summed E-state index contributed by atoms with van der Waals surface area (Å²) in [6, 6.07) is 19.2. The number of hydrogen-bond acceptors (Lipinski definition) is 3. The first-order valence-electron chi connectivity index (χ1n) is 10.2. The molecule has 0 unspecified atom stereocenters. The molecule has 0 fully saturated rings. The molecule has 0 radical (unpaired) electrons. The average molecular weight is 399 g/mol. The Kier molecular flexibility index (Phi) is 5.89. The van der Waals surface area contributed by atoms with Gasteiger partial charge in [-0.25, -0.2) is 0 Å². The van der Waals surface area contributed by atoms with Crippen LogP contribution in [0.3, 0.4) is 0 Å². The summed E-state index contributed by atoms with van der Waals surface area (Å²) < 4.78 is 0. The Balaban J connectivity index is 1.37. The van der Waals surface area contributed by atoms with Crippen LogP contribution >= 0.6 is 0 Å². The molecular formula is C25H25N3O2. The largest absolute Gasteiger partial charge is 0.341 e. The fourth-order valence-electron chi connectivity index (χ4n) is 3.78. The van der Waals surface area contributed by atoms with Crippen molar-refractivity contribution in [2.45, 2.75) is 19.4 Å². The molecule has 0 spiro atoms. The number of hydrogen-bond donors (Lipinski definition) is 0. The maximum atomic E-state index is 12.9. The van der Waals surface area contributed by atoms with E-state index in [1.165, 1.54) is 11.1 Å². The van der Waals surface area contributed by atoms with Crippen LogP contribution in [0.4, 0.5) is 0 Å². The Morgan fingerprint density at radius 2 is 1.60 bits per heavy atom. The van der Waals surface area contributed by atoms with Crippen LogP contribution in [-0.4, -0.2) is 46.7 Å². The zero-order valence-corrected chi connectivity index (χ0v) is 17.1. The van der Waals surface area contributed by atoms with Crippen molar-refractivity contribution >= 4 is 11.8 Å². The number of benzene rings is 2. The molecule has 1 aliphatic rings. The molecule has 4 rings (SSSR count). The fourth-order valence-corrected chi connectivity index (χ4v) is 3.78. The summed E-state index contributed by atoms with van der Waals surface area (Å²) in [6.45, 7) is 1.97. The van der Waals surface area contributed by atoms with Gasteiger partial charge in [0.05, 0.1) is 0 Å². The number of carbonyl (C=O) groups excluding carboxylic acids is 2. The summed E-state index contributed by atoms with van der Waals surface area (Å²) in [6.07, 6.45) is 5.17. The molecule has 5 nitrogen and oxygen atoms in total. The van der Waals surface area contributed by atoms with Crippen LogP contribution in [0.1, 0.15) is 37.4 Å². The highest BCUT2D eigenvalue weighted by Gasteiger charge is 2.22. The van der Waals surface area contributed by atoms with Crippen molar-refractivity contribution < 1.29 is 9.59 Å². The van der Waals surface area contributed by atoms with Crippen molar-refractivity contribution in [3.05, 3.63) is 101 Å². The molecule has 3 aromatic rings. The van der Waals surface area contributed by atoms with Gasteiger partial charge in [-0.05, 0) is 65.9 Å². The van der Waals surface area contributed by atoms with Gasteiger partial charge in [0.2, 0.25) is 0 Å². The van der Waals surface area contributed by atoms with Crippen LogP contribution in [0, 0.1) is 0 Å². The second kappa shape index (κ2) is 8.91. The first-order chi connectivity index (χ1) is 14.6. The van der Waals surface area contributed by atoms with Crippen LogP contribution < -0.4 is 0 Å². The molecular weight excluding hydrogens is 374 g/mol. The summed E-state index contributed by atoms with van der Waals surface area (Å²) in [4.78, 5) is 33.2. The van der Waals surface area contributed by atoms with Crippen molar-refractivity contribution in [3.63, 3.8) is 0 Å². The van der Waals surface area contributed by atoms with Gasteiger partial charge in [-0.15, -0.1) is 0 Å². The van der Waals surface area contributed by atoms with E-state index in [0.717, 1.165) is 18.4 Å². The minimum absolute atomic E-state index is 0.00884. The summed E-state index contributed by atoms with van der Waals surface area (Å²) >= 11 is 0. The monoisotopic (exact) mass is 399 g/mol. The number of aromatic nitrogens is 1. The Labute approximate surface area is 177 Å². The molecule has 2 amide bonds. The minimum atomic E-state index is -0.0463. The molecule has 0 saturated carbocycles. The number of likely N-dealkylation sites (N-methyl/N-ethyl adjacent to an activating group) is 1. The second-order valence-corrected chi connectivity index (χ2v) is 7.65. The van der Waals surface area contributed by atoms with Crippen molar-refractivity contribution in [1.29, 1.82) is 0 Å². The average Bonchev–Trinajstić information content (AvgIpc) is 2.82. The summed E-state index contributed by atoms with van der Waals surface area (Å²) in [5.41, 5.74) is 4.88. The topological polar surface area (TPSA) is 53.5 Å². The maximum absolute atomic E-state index is 12.9. The van der Waals surface area contributed by atoms with Gasteiger partial charge in [-0.2, -0.15) is 0 Å². The Morgan fingerprint density at radius 1 is 0.933 bits per heavy atom. The van der Waals surface area contributed by atoms with E-state index in [0.29, 0.717) is 30.8 Å². The van der Waals surface area contributed by atoms with E-state index in [1.807, 2.05) is 29.2 Å². The third kappa shape index (κ3) is 4.40. The van der Waals surface area contributed by atoms with E-state index in [4.69, 9.17) is 0 Å². The summed E-state index contributed by atoms with van der Waals surface area (Å²) in [5, 5.41) is 0. The van der Waals surface area contributed by atoms with E-state index >= 15 is 0 Å². The van der Waals surface area contributed by atoms with E-state index < -0.39 is 0 Å². The molecule has 152 valence electrons. The second-order valence-electron chi connectivity index (χ2n) is 7.65. The standard InChI is InChI=1S/C25H25N3O2/c1-27(16-12-19-10-14-26-15-11-19)24(29)21-6-8-22(9-7-21)25(30)28-17-13-20-4-2-3-5-23(20)18-28/h2-11,14-15H,12-13,16-18H2,1H3. The first kappa shape index (κ1) is 19.8. The van der Waals surface area contributed by atoms with Gasteiger partial charge in [0, 0.05) is 50.2 Å². The molecule has 0 atom stereocenters. The number of carbonyl (C=O) groups is 2. The number of nitrogens with zero attached hydrogens (tertiary/aromatic N) is 3. The molecule has 1 aliphatic heterocycles. The zero-order valence-electron chi connectivity index (χ0n) is 17.1. The highest BCUT2D eigenvalue weighted by molar-refractivity contribution is 5.97. The van der Waals surface area contributed by atoms with Gasteiger partial charge in [0.25, 0.3) is 11.8 Å². The molecule has 0 saturated heterocycles. The van der Waals surface area contributed by atoms with Gasteiger partial charge in [0.15, 0.2) is 0 Å². The molecule has 1 aromatic heterocycles. The molecule has 0 N–H and O–H groups in total. The number of rotatable bonds is 5. The highest BCUT2D eigenvalue weighted by Crippen LogP contribution is 2.20. The lowest BCUT2D eigenvalue weighted by Gasteiger charge is -2.29. The highest BCUT2D eigenvalue weighted by atomic mass is 16.2. The third-order valence-electron chi connectivity index (χ3n) is 5.63. The molecule has 0 aliphatic carbocycles. The normalized spacial score (nSPS) is 12.9. The maximum Gasteiger partial charge on any atom is 0.254 e. The van der Waals surface area contributed by atoms with Crippen molar-refractivity contribution in [2.75, 3.05) is 20.1 Å². The Hall–Kier alpha value is -3.47. The predicted octanol–water partition coefficient (Wildman–Crippen LogP) is 3.59. The lowest BCUT2D eigenvalue weighted by atomic mass is 9.99. The van der Waals surface area contributed by atoms with Crippen LogP contribution in [-0.2, 0) is 19.4 Å². The Bertz CT molecular complexity index is 1030. The molecule has 2 aromatic carbocycles. The quantitative estimate of drug-likeness (QED) is 0.659. The molecule has 0 bridgehead atoms. The van der Waals surface area contributed by atoms with Crippen LogP contribution in [0.15, 0.2) is 73.1 Å². The van der Waals surface area contributed by atoms with E-state index in [1.54, 1.807) is 48.6 Å². The number of amides is 2. The lowest BCUT2D eigenvalue weighted by molar-refractivity contribution is 0.0732. The summed E-state index contributed by atoms with van der Waals surface area (Å²) in [5.74, 6) is -0.0375. The van der Waals surface area contributed by atoms with E-state index in [9.17, 15) is 9.59 Å². The molecule has 30 heavy (non-hydrogen) atoms. The van der Waals surface area contributed by atoms with E-state index in [-0.39, 0.29) is 11.8 Å². The van der Waals surface area contributed by atoms with Gasteiger partial charge >= 0.3 is 0 Å². The third-order valence-corrected chi connectivity index (χ3v) is 5.63. The van der Waals surface area contributed by atoms with Crippen molar-refractivity contribution in [3.8, 4) is 0 Å². The van der Waals surface area contributed by atoms with Crippen LogP contribution in [0.5, 0.6) is 0 Å². The SMILES string of the molecule is CN(CCc1ccncc1)C(=O)c1ccc(C(=O)N2CCc3ccccc3C2)cc1. The Morgan fingerprint density at radius 3 is 2.33 bits per heavy atom. The van der Waals surface area contributed by atoms with Crippen LogP contribution in [0.2, 0.25) is 0 Å². The van der Waals surface area contributed by atoms with Crippen LogP contribution in [0.25, 0.3) is 0 Å². The number of fused-ring (bicyclic) bond motifs is 1. The van der Waals surface area contributed by atoms with Gasteiger partial charge in [-0.1, -0.05) is 24.3 Å². The zero-order chi connectivity index (χ0) is 20.9. The van der Waals surface area contributed by atoms with Gasteiger partial charge in [0.1, 0.15) is 0 Å². The molecule has 5 heteroatoms. The van der Waals surface area contributed by atoms with Crippen molar-refractivity contribution in [2.24, 2.45) is 0 Å². The van der Waals surface area contributed by atoms with E-state index in [2.05, 4.69) is 17.1 Å². The van der Waals surface area contributed by atoms with Crippen molar-refractivity contribution in [1.82, 2.24) is 14.8 Å². The smallest absolute Gasteiger partial charge is 0.254 e. The fraction of sp³-hybridized carbons (Fsp3) is 0.240. The first-order valence-corrected chi connectivity index (χ1v) is 10.2. The van der Waals surface area contributed by atoms with Gasteiger partial charge in [-0.3, -0.25) is 14.6 Å².